The van der Waals surface area contributed by atoms with Gasteiger partial charge in [-0.3, -0.25) is 14.9 Å². The van der Waals surface area contributed by atoms with Crippen molar-refractivity contribution in [3.05, 3.63) is 39.4 Å². The van der Waals surface area contributed by atoms with Crippen molar-refractivity contribution in [1.29, 1.82) is 5.26 Å². The van der Waals surface area contributed by atoms with E-state index >= 15 is 0 Å². The molecule has 0 aliphatic carbocycles. The number of ketones is 1. The molecule has 0 fully saturated rings. The fourth-order valence-corrected chi connectivity index (χ4v) is 1.88. The van der Waals surface area contributed by atoms with Crippen molar-refractivity contribution < 1.29 is 9.72 Å². The second kappa shape index (κ2) is 6.10. The molecule has 0 spiro atoms. The molecular formula is C14H16N2O3. The summed E-state index contributed by atoms with van der Waals surface area (Å²) in [6.45, 7) is 5.56. The Hall–Kier alpha value is -2.22. The van der Waals surface area contributed by atoms with Crippen LogP contribution in [0.2, 0.25) is 0 Å². The van der Waals surface area contributed by atoms with Gasteiger partial charge in [0, 0.05) is 6.07 Å². The number of rotatable bonds is 5. The van der Waals surface area contributed by atoms with Crippen molar-refractivity contribution in [2.45, 2.75) is 27.2 Å². The summed E-state index contributed by atoms with van der Waals surface area (Å²) in [5, 5.41) is 20.0. The molecule has 1 aromatic carbocycles. The summed E-state index contributed by atoms with van der Waals surface area (Å²) in [4.78, 5) is 22.6. The van der Waals surface area contributed by atoms with E-state index in [0.29, 0.717) is 6.42 Å². The van der Waals surface area contributed by atoms with Gasteiger partial charge in [0.05, 0.1) is 16.6 Å². The highest BCUT2D eigenvalue weighted by Gasteiger charge is 2.27. The smallest absolute Gasteiger partial charge is 0.280 e. The SMILES string of the molecule is Cc1ccc([N+](=O)[O-])c(C(=O)C(C#N)CC(C)C)c1. The van der Waals surface area contributed by atoms with E-state index in [1.807, 2.05) is 19.9 Å². The first-order chi connectivity index (χ1) is 8.86. The average Bonchev–Trinajstić information content (AvgIpc) is 2.34. The molecule has 0 saturated carbocycles. The molecule has 100 valence electrons. The standard InChI is InChI=1S/C14H16N2O3/c1-9(2)6-11(8-15)14(17)12-7-10(3)4-5-13(12)16(18)19/h4-5,7,9,11H,6H2,1-3H3. The predicted octanol–water partition coefficient (Wildman–Crippen LogP) is 3.27. The van der Waals surface area contributed by atoms with E-state index < -0.39 is 16.6 Å². The first kappa shape index (κ1) is 14.8. The fraction of sp³-hybridized carbons (Fsp3) is 0.429. The van der Waals surface area contributed by atoms with E-state index in [0.717, 1.165) is 5.56 Å². The summed E-state index contributed by atoms with van der Waals surface area (Å²) in [5.41, 5.74) is 0.548. The molecule has 0 amide bonds. The lowest BCUT2D eigenvalue weighted by molar-refractivity contribution is -0.385. The van der Waals surface area contributed by atoms with Crippen LogP contribution in [-0.4, -0.2) is 10.7 Å². The molecule has 0 saturated heterocycles. The lowest BCUT2D eigenvalue weighted by Gasteiger charge is -2.11. The quantitative estimate of drug-likeness (QED) is 0.462. The van der Waals surface area contributed by atoms with Crippen LogP contribution in [0, 0.1) is 40.2 Å². The molecule has 19 heavy (non-hydrogen) atoms. The van der Waals surface area contributed by atoms with Crippen LogP contribution in [0.5, 0.6) is 0 Å². The van der Waals surface area contributed by atoms with Gasteiger partial charge >= 0.3 is 0 Å². The first-order valence-corrected chi connectivity index (χ1v) is 6.05. The van der Waals surface area contributed by atoms with Crippen LogP contribution in [0.1, 0.15) is 36.2 Å². The van der Waals surface area contributed by atoms with Crippen LogP contribution in [0.4, 0.5) is 5.69 Å². The molecule has 0 radical (unpaired) electrons. The Morgan fingerprint density at radius 2 is 2.11 bits per heavy atom. The van der Waals surface area contributed by atoms with Gasteiger partial charge in [-0.05, 0) is 30.9 Å². The zero-order valence-electron chi connectivity index (χ0n) is 11.2. The van der Waals surface area contributed by atoms with Gasteiger partial charge < -0.3 is 0 Å². The Morgan fingerprint density at radius 3 is 2.58 bits per heavy atom. The van der Waals surface area contributed by atoms with Gasteiger partial charge in [-0.1, -0.05) is 19.9 Å². The maximum atomic E-state index is 12.3. The first-order valence-electron chi connectivity index (χ1n) is 6.05. The third-order valence-electron chi connectivity index (χ3n) is 2.79. The average molecular weight is 260 g/mol. The zero-order valence-corrected chi connectivity index (χ0v) is 11.2. The highest BCUT2D eigenvalue weighted by molar-refractivity contribution is 6.02. The Morgan fingerprint density at radius 1 is 1.47 bits per heavy atom. The number of nitrogens with zero attached hydrogens (tertiary/aromatic N) is 2. The lowest BCUT2D eigenvalue weighted by Crippen LogP contribution is -2.17. The number of aryl methyl sites for hydroxylation is 1. The molecule has 1 atom stereocenters. The zero-order chi connectivity index (χ0) is 14.6. The molecule has 1 rings (SSSR count). The van der Waals surface area contributed by atoms with E-state index in [1.54, 1.807) is 13.0 Å². The van der Waals surface area contributed by atoms with Crippen molar-refractivity contribution >= 4 is 11.5 Å². The van der Waals surface area contributed by atoms with Gasteiger partial charge in [-0.25, -0.2) is 0 Å². The normalized spacial score (nSPS) is 11.9. The van der Waals surface area contributed by atoms with Crippen molar-refractivity contribution in [2.24, 2.45) is 11.8 Å². The van der Waals surface area contributed by atoms with E-state index in [9.17, 15) is 14.9 Å². The molecule has 0 N–H and O–H groups in total. The maximum absolute atomic E-state index is 12.3. The van der Waals surface area contributed by atoms with E-state index in [4.69, 9.17) is 5.26 Å². The number of nitro benzene ring substituents is 1. The monoisotopic (exact) mass is 260 g/mol. The van der Waals surface area contributed by atoms with Gasteiger partial charge in [0.25, 0.3) is 5.69 Å². The van der Waals surface area contributed by atoms with Gasteiger partial charge in [0.15, 0.2) is 5.78 Å². The number of nitriles is 1. The van der Waals surface area contributed by atoms with Gasteiger partial charge in [0.2, 0.25) is 0 Å². The van der Waals surface area contributed by atoms with Gasteiger partial charge in [0.1, 0.15) is 5.92 Å². The molecular weight excluding hydrogens is 244 g/mol. The molecule has 0 aliphatic heterocycles. The van der Waals surface area contributed by atoms with Crippen LogP contribution in [0.15, 0.2) is 18.2 Å². The van der Waals surface area contributed by atoms with Crippen LogP contribution >= 0.6 is 0 Å². The molecule has 0 bridgehead atoms. The van der Waals surface area contributed by atoms with Crippen molar-refractivity contribution in [3.8, 4) is 6.07 Å². The third-order valence-corrected chi connectivity index (χ3v) is 2.79. The number of hydrogen-bond donors (Lipinski definition) is 0. The van der Waals surface area contributed by atoms with E-state index in [2.05, 4.69) is 0 Å². The summed E-state index contributed by atoms with van der Waals surface area (Å²) >= 11 is 0. The number of carbonyl (C=O) groups excluding carboxylic acids is 1. The van der Waals surface area contributed by atoms with Crippen molar-refractivity contribution in [2.75, 3.05) is 0 Å². The van der Waals surface area contributed by atoms with Gasteiger partial charge in [-0.2, -0.15) is 5.26 Å². The molecule has 0 heterocycles. The number of carbonyl (C=O) groups is 1. The second-order valence-electron chi connectivity index (χ2n) is 4.95. The minimum Gasteiger partial charge on any atom is -0.292 e. The number of nitro groups is 1. The Kier molecular flexibility index (Phi) is 4.76. The Labute approximate surface area is 112 Å². The fourth-order valence-electron chi connectivity index (χ4n) is 1.88. The van der Waals surface area contributed by atoms with Crippen molar-refractivity contribution in [1.82, 2.24) is 0 Å². The van der Waals surface area contributed by atoms with E-state index in [-0.39, 0.29) is 17.2 Å². The number of Topliss-reactive ketones (excluding diaryl/α,β-unsaturated/α-hetero) is 1. The molecule has 5 heteroatoms. The number of benzene rings is 1. The minimum absolute atomic E-state index is 0.0252. The van der Waals surface area contributed by atoms with Crippen molar-refractivity contribution in [3.63, 3.8) is 0 Å². The van der Waals surface area contributed by atoms with Crippen LogP contribution in [0.25, 0.3) is 0 Å². The summed E-state index contributed by atoms with van der Waals surface area (Å²) < 4.78 is 0. The topological polar surface area (TPSA) is 84.0 Å². The molecule has 1 unspecified atom stereocenters. The molecule has 1 aromatic rings. The largest absolute Gasteiger partial charge is 0.292 e. The summed E-state index contributed by atoms with van der Waals surface area (Å²) in [5.74, 6) is -1.12. The summed E-state index contributed by atoms with van der Waals surface area (Å²) in [7, 11) is 0. The summed E-state index contributed by atoms with van der Waals surface area (Å²) in [6.07, 6.45) is 0.403. The molecule has 0 aliphatic rings. The summed E-state index contributed by atoms with van der Waals surface area (Å²) in [6, 6.07) is 6.32. The maximum Gasteiger partial charge on any atom is 0.280 e. The lowest BCUT2D eigenvalue weighted by atomic mass is 9.89. The third kappa shape index (κ3) is 3.62. The Balaban J connectivity index is 3.21. The molecule has 5 nitrogen and oxygen atoms in total. The van der Waals surface area contributed by atoms with Gasteiger partial charge in [-0.15, -0.1) is 0 Å². The number of hydrogen-bond acceptors (Lipinski definition) is 4. The second-order valence-corrected chi connectivity index (χ2v) is 4.95. The Bertz CT molecular complexity index is 544. The highest BCUT2D eigenvalue weighted by atomic mass is 16.6. The minimum atomic E-state index is -0.833. The van der Waals surface area contributed by atoms with Crippen LogP contribution in [-0.2, 0) is 0 Å². The van der Waals surface area contributed by atoms with Crippen LogP contribution in [0.3, 0.4) is 0 Å². The van der Waals surface area contributed by atoms with E-state index in [1.165, 1.54) is 12.1 Å². The highest BCUT2D eigenvalue weighted by Crippen LogP contribution is 2.25. The predicted molar refractivity (Wildman–Crippen MR) is 70.7 cm³/mol. The molecule has 0 aromatic heterocycles. The van der Waals surface area contributed by atoms with Crippen LogP contribution < -0.4 is 0 Å².